The van der Waals surface area contributed by atoms with E-state index < -0.39 is 0 Å². The van der Waals surface area contributed by atoms with E-state index in [4.69, 9.17) is 19.7 Å². The zero-order valence-corrected chi connectivity index (χ0v) is 16.9. The average Bonchev–Trinajstić information content (AvgIpc) is 2.70. The number of para-hydroxylation sites is 2. The Morgan fingerprint density at radius 3 is 2.04 bits per heavy atom. The Morgan fingerprint density at radius 1 is 0.885 bits per heavy atom. The second-order valence-electron chi connectivity index (χ2n) is 4.70. The van der Waals surface area contributed by atoms with Crippen molar-refractivity contribution in [1.82, 2.24) is 0 Å². The largest absolute Gasteiger partial charge is 0.504 e. The minimum atomic E-state index is -0.363. The molecule has 2 aromatic rings. The molecular formula is C18H18Br2O6. The summed E-state index contributed by atoms with van der Waals surface area (Å²) in [6, 6.07) is 9.49. The minimum absolute atomic E-state index is 0.0972. The topological polar surface area (TPSA) is 93.1 Å². The van der Waals surface area contributed by atoms with Crippen molar-refractivity contribution >= 4 is 44.4 Å². The van der Waals surface area contributed by atoms with Gasteiger partial charge in [-0.1, -0.05) is 44.0 Å². The van der Waals surface area contributed by atoms with Gasteiger partial charge in [0, 0.05) is 10.7 Å². The lowest BCUT2D eigenvalue weighted by atomic mass is 10.2. The highest BCUT2D eigenvalue weighted by atomic mass is 79.9. The SMILES string of the molecule is BrCCBr.O=Cc1cccc(O)c1O.O=Cc1cccc2c1OCCO2. The molecule has 0 aliphatic carbocycles. The third-order valence-electron chi connectivity index (χ3n) is 2.97. The summed E-state index contributed by atoms with van der Waals surface area (Å²) < 4.78 is 10.6. The molecule has 140 valence electrons. The van der Waals surface area contributed by atoms with Crippen molar-refractivity contribution in [3.8, 4) is 23.0 Å². The number of fused-ring (bicyclic) bond motifs is 1. The molecular weight excluding hydrogens is 472 g/mol. The lowest BCUT2D eigenvalue weighted by molar-refractivity contribution is 0.110. The van der Waals surface area contributed by atoms with E-state index >= 15 is 0 Å². The summed E-state index contributed by atoms with van der Waals surface area (Å²) in [6.45, 7) is 1.06. The van der Waals surface area contributed by atoms with Crippen LogP contribution >= 0.6 is 31.9 Å². The number of carbonyl (C=O) groups excluding carboxylic acids is 2. The van der Waals surface area contributed by atoms with E-state index in [1.165, 1.54) is 18.2 Å². The predicted molar refractivity (Wildman–Crippen MR) is 106 cm³/mol. The molecule has 3 rings (SSSR count). The summed E-state index contributed by atoms with van der Waals surface area (Å²) in [7, 11) is 0. The molecule has 0 saturated carbocycles. The number of carbonyl (C=O) groups is 2. The molecule has 26 heavy (non-hydrogen) atoms. The summed E-state index contributed by atoms with van der Waals surface area (Å²) in [5.74, 6) is 0.590. The van der Waals surface area contributed by atoms with Gasteiger partial charge in [0.2, 0.25) is 0 Å². The summed E-state index contributed by atoms with van der Waals surface area (Å²) in [6.07, 6.45) is 1.25. The first-order valence-electron chi connectivity index (χ1n) is 7.50. The number of alkyl halides is 2. The number of benzene rings is 2. The van der Waals surface area contributed by atoms with Crippen LogP contribution in [0, 0.1) is 0 Å². The average molecular weight is 490 g/mol. The highest BCUT2D eigenvalue weighted by Crippen LogP contribution is 2.32. The Labute approximate surface area is 168 Å². The van der Waals surface area contributed by atoms with Crippen LogP contribution in [0.4, 0.5) is 0 Å². The fourth-order valence-corrected chi connectivity index (χ4v) is 1.83. The smallest absolute Gasteiger partial charge is 0.171 e. The fourth-order valence-electron chi connectivity index (χ4n) is 1.83. The van der Waals surface area contributed by atoms with Crippen LogP contribution in [0.25, 0.3) is 0 Å². The molecule has 1 heterocycles. The molecule has 0 atom stereocenters. The maximum absolute atomic E-state index is 10.5. The number of aromatic hydroxyl groups is 2. The van der Waals surface area contributed by atoms with Gasteiger partial charge in [0.1, 0.15) is 13.2 Å². The summed E-state index contributed by atoms with van der Waals surface area (Å²) >= 11 is 6.40. The fraction of sp³-hybridized carbons (Fsp3) is 0.222. The number of rotatable bonds is 3. The Bertz CT molecular complexity index is 719. The number of hydrogen-bond donors (Lipinski definition) is 2. The van der Waals surface area contributed by atoms with Gasteiger partial charge < -0.3 is 19.7 Å². The van der Waals surface area contributed by atoms with Crippen LogP contribution in [-0.4, -0.2) is 46.7 Å². The van der Waals surface area contributed by atoms with E-state index in [9.17, 15) is 9.59 Å². The van der Waals surface area contributed by atoms with Crippen LogP contribution in [0.5, 0.6) is 23.0 Å². The van der Waals surface area contributed by atoms with Gasteiger partial charge in [-0.05, 0) is 24.3 Å². The molecule has 2 aromatic carbocycles. The third-order valence-corrected chi connectivity index (χ3v) is 4.83. The highest BCUT2D eigenvalue weighted by Gasteiger charge is 2.14. The zero-order valence-electron chi connectivity index (χ0n) is 13.7. The van der Waals surface area contributed by atoms with Gasteiger partial charge in [0.15, 0.2) is 35.6 Å². The van der Waals surface area contributed by atoms with Gasteiger partial charge in [-0.3, -0.25) is 9.59 Å². The van der Waals surface area contributed by atoms with Crippen LogP contribution in [-0.2, 0) is 0 Å². The second-order valence-corrected chi connectivity index (χ2v) is 6.29. The lowest BCUT2D eigenvalue weighted by Crippen LogP contribution is -2.16. The maximum Gasteiger partial charge on any atom is 0.171 e. The Hall–Kier alpha value is -2.06. The number of hydrogen-bond acceptors (Lipinski definition) is 6. The zero-order chi connectivity index (χ0) is 19.4. The van der Waals surface area contributed by atoms with Crippen molar-refractivity contribution in [2.45, 2.75) is 0 Å². The normalized spacial score (nSPS) is 11.2. The molecule has 2 N–H and O–H groups in total. The second kappa shape index (κ2) is 12.3. The van der Waals surface area contributed by atoms with Crippen molar-refractivity contribution in [2.24, 2.45) is 0 Å². The van der Waals surface area contributed by atoms with Gasteiger partial charge >= 0.3 is 0 Å². The molecule has 0 amide bonds. The number of phenols is 2. The Kier molecular flexibility index (Phi) is 10.4. The molecule has 0 fully saturated rings. The predicted octanol–water partition coefficient (Wildman–Crippen LogP) is 3.96. The number of ether oxygens (including phenoxy) is 2. The quantitative estimate of drug-likeness (QED) is 0.385. The van der Waals surface area contributed by atoms with Crippen LogP contribution < -0.4 is 9.47 Å². The number of halogens is 2. The Morgan fingerprint density at radius 2 is 1.46 bits per heavy atom. The van der Waals surface area contributed by atoms with E-state index in [1.807, 2.05) is 0 Å². The molecule has 8 heteroatoms. The van der Waals surface area contributed by atoms with E-state index in [0.717, 1.165) is 16.9 Å². The summed E-state index contributed by atoms with van der Waals surface area (Å²) in [5.41, 5.74) is 0.646. The molecule has 0 spiro atoms. The Balaban J connectivity index is 0.000000220. The molecule has 0 radical (unpaired) electrons. The van der Waals surface area contributed by atoms with Gasteiger partial charge in [0.25, 0.3) is 0 Å². The van der Waals surface area contributed by atoms with Gasteiger partial charge in [-0.15, -0.1) is 0 Å². The van der Waals surface area contributed by atoms with Crippen LogP contribution in [0.2, 0.25) is 0 Å². The number of phenolic OH excluding ortho intramolecular Hbond substituents is 2. The van der Waals surface area contributed by atoms with E-state index in [-0.39, 0.29) is 17.1 Å². The first-order chi connectivity index (χ1) is 12.6. The van der Waals surface area contributed by atoms with Crippen LogP contribution in [0.3, 0.4) is 0 Å². The molecule has 1 aliphatic heterocycles. The van der Waals surface area contributed by atoms with Gasteiger partial charge in [-0.25, -0.2) is 0 Å². The van der Waals surface area contributed by atoms with Crippen LogP contribution in [0.1, 0.15) is 20.7 Å². The summed E-state index contributed by atoms with van der Waals surface area (Å²) in [5, 5.41) is 19.8. The lowest BCUT2D eigenvalue weighted by Gasteiger charge is -2.18. The van der Waals surface area contributed by atoms with Crippen molar-refractivity contribution in [3.63, 3.8) is 0 Å². The molecule has 0 bridgehead atoms. The van der Waals surface area contributed by atoms with Crippen LogP contribution in [0.15, 0.2) is 36.4 Å². The molecule has 6 nitrogen and oxygen atoms in total. The molecule has 0 aromatic heterocycles. The van der Waals surface area contributed by atoms with E-state index in [0.29, 0.717) is 36.6 Å². The van der Waals surface area contributed by atoms with E-state index in [1.54, 1.807) is 18.2 Å². The molecule has 1 aliphatic rings. The minimum Gasteiger partial charge on any atom is -0.504 e. The van der Waals surface area contributed by atoms with Crippen molar-refractivity contribution in [1.29, 1.82) is 0 Å². The standard InChI is InChI=1S/C9H8O3.C7H6O3.C2H4Br2/c10-6-7-2-1-3-8-9(7)12-5-4-11-8;8-4-5-2-1-3-6(9)7(5)10;3-1-2-4/h1-3,6H,4-5H2;1-4,9-10H;1-2H2. The monoisotopic (exact) mass is 488 g/mol. The number of aldehydes is 2. The third kappa shape index (κ3) is 6.68. The van der Waals surface area contributed by atoms with Crippen molar-refractivity contribution in [3.05, 3.63) is 47.5 Å². The molecule has 0 saturated heterocycles. The molecule has 0 unspecified atom stereocenters. The van der Waals surface area contributed by atoms with Gasteiger partial charge in [-0.2, -0.15) is 0 Å². The van der Waals surface area contributed by atoms with E-state index in [2.05, 4.69) is 31.9 Å². The van der Waals surface area contributed by atoms with Crippen molar-refractivity contribution in [2.75, 3.05) is 23.9 Å². The van der Waals surface area contributed by atoms with Gasteiger partial charge in [0.05, 0.1) is 11.1 Å². The first-order valence-corrected chi connectivity index (χ1v) is 9.75. The maximum atomic E-state index is 10.5. The summed E-state index contributed by atoms with van der Waals surface area (Å²) in [4.78, 5) is 20.7. The first kappa shape index (κ1) is 22.0. The van der Waals surface area contributed by atoms with Crippen molar-refractivity contribution < 1.29 is 29.3 Å². The highest BCUT2D eigenvalue weighted by molar-refractivity contribution is 9.11.